The van der Waals surface area contributed by atoms with Crippen LogP contribution in [0.2, 0.25) is 0 Å². The number of hydrogen-bond acceptors (Lipinski definition) is 2. The number of imidazole rings is 1. The number of fused-ring (bicyclic) bond motifs is 1. The van der Waals surface area contributed by atoms with Gasteiger partial charge in [0, 0.05) is 25.0 Å². The average Bonchev–Trinajstić information content (AvgIpc) is 2.89. The van der Waals surface area contributed by atoms with Crippen LogP contribution in [0.25, 0.3) is 5.65 Å². The smallest absolute Gasteiger partial charge is 0.191 e. The van der Waals surface area contributed by atoms with E-state index in [1.54, 1.807) is 0 Å². The lowest BCUT2D eigenvalue weighted by Crippen LogP contribution is -2.37. The normalized spacial score (nSPS) is 11.3. The lowest BCUT2D eigenvalue weighted by Gasteiger charge is -2.10. The van der Waals surface area contributed by atoms with Gasteiger partial charge in [-0.2, -0.15) is 0 Å². The summed E-state index contributed by atoms with van der Waals surface area (Å²) in [5.41, 5.74) is 3.14. The van der Waals surface area contributed by atoms with Crippen LogP contribution in [0.4, 0.5) is 0 Å². The van der Waals surface area contributed by atoms with E-state index in [9.17, 15) is 0 Å². The molecule has 122 valence electrons. The van der Waals surface area contributed by atoms with Gasteiger partial charge in [0.15, 0.2) is 5.96 Å². The quantitative estimate of drug-likeness (QED) is 0.330. The first-order chi connectivity index (χ1) is 10.2. The van der Waals surface area contributed by atoms with Crippen molar-refractivity contribution >= 4 is 35.6 Å². The predicted octanol–water partition coefficient (Wildman–Crippen LogP) is 3.12. The first kappa shape index (κ1) is 18.7. The fraction of sp³-hybridized carbons (Fsp3) is 0.500. The van der Waals surface area contributed by atoms with Crippen LogP contribution < -0.4 is 10.6 Å². The molecule has 0 radical (unpaired) electrons. The molecule has 0 aliphatic carbocycles. The number of nitrogens with zero attached hydrogens (tertiary/aromatic N) is 3. The molecule has 22 heavy (non-hydrogen) atoms. The number of nitrogens with one attached hydrogen (secondary N) is 2. The highest BCUT2D eigenvalue weighted by atomic mass is 127. The third-order valence-corrected chi connectivity index (χ3v) is 3.31. The largest absolute Gasteiger partial charge is 0.357 e. The number of aromatic nitrogens is 2. The summed E-state index contributed by atoms with van der Waals surface area (Å²) in [4.78, 5) is 9.20. The molecule has 0 atom stereocenters. The number of unbranched alkanes of at least 4 members (excludes halogenated alkanes) is 1. The molecule has 5 nitrogen and oxygen atoms in total. The second-order valence-electron chi connectivity index (χ2n) is 5.10. The van der Waals surface area contributed by atoms with E-state index in [-0.39, 0.29) is 24.0 Å². The fourth-order valence-electron chi connectivity index (χ4n) is 2.16. The maximum atomic E-state index is 4.60. The Hall–Kier alpha value is -1.31. The minimum atomic E-state index is 0. The van der Waals surface area contributed by atoms with Crippen LogP contribution in [-0.4, -0.2) is 28.4 Å². The second-order valence-corrected chi connectivity index (χ2v) is 5.10. The summed E-state index contributed by atoms with van der Waals surface area (Å²) >= 11 is 0. The summed E-state index contributed by atoms with van der Waals surface area (Å²) in [5, 5.41) is 6.60. The molecule has 0 aliphatic heterocycles. The van der Waals surface area contributed by atoms with Gasteiger partial charge in [-0.05, 0) is 32.4 Å². The molecule has 0 bridgehead atoms. The van der Waals surface area contributed by atoms with Crippen molar-refractivity contribution in [2.24, 2.45) is 4.99 Å². The Balaban J connectivity index is 0.00000242. The van der Waals surface area contributed by atoms with Crippen LogP contribution in [-0.2, 0) is 6.54 Å². The van der Waals surface area contributed by atoms with Crippen molar-refractivity contribution in [3.63, 3.8) is 0 Å². The molecule has 0 saturated heterocycles. The average molecular weight is 415 g/mol. The lowest BCUT2D eigenvalue weighted by atomic mass is 10.3. The molecular formula is C16H26IN5. The summed E-state index contributed by atoms with van der Waals surface area (Å²) in [7, 11) is 0. The maximum Gasteiger partial charge on any atom is 0.191 e. The predicted molar refractivity (Wildman–Crippen MR) is 103 cm³/mol. The van der Waals surface area contributed by atoms with Crippen LogP contribution in [0.1, 0.15) is 38.1 Å². The zero-order valence-corrected chi connectivity index (χ0v) is 15.9. The number of aliphatic imine (C=N–C) groups is 1. The minimum absolute atomic E-state index is 0. The zero-order valence-electron chi connectivity index (χ0n) is 13.6. The Morgan fingerprint density at radius 2 is 2.09 bits per heavy atom. The van der Waals surface area contributed by atoms with Crippen molar-refractivity contribution in [3.05, 3.63) is 35.8 Å². The van der Waals surface area contributed by atoms with E-state index in [0.717, 1.165) is 36.8 Å². The molecule has 6 heteroatoms. The molecule has 0 unspecified atom stereocenters. The van der Waals surface area contributed by atoms with Gasteiger partial charge in [0.2, 0.25) is 0 Å². The van der Waals surface area contributed by atoms with Crippen LogP contribution >= 0.6 is 24.0 Å². The topological polar surface area (TPSA) is 53.7 Å². The highest BCUT2D eigenvalue weighted by molar-refractivity contribution is 14.0. The van der Waals surface area contributed by atoms with Gasteiger partial charge in [0.1, 0.15) is 5.65 Å². The Morgan fingerprint density at radius 3 is 2.77 bits per heavy atom. The second kappa shape index (κ2) is 9.66. The van der Waals surface area contributed by atoms with E-state index in [0.29, 0.717) is 6.54 Å². The monoisotopic (exact) mass is 415 g/mol. The highest BCUT2D eigenvalue weighted by Gasteiger charge is 2.03. The Labute approximate surface area is 149 Å². The van der Waals surface area contributed by atoms with Crippen LogP contribution in [0, 0.1) is 6.92 Å². The third kappa shape index (κ3) is 5.15. The van der Waals surface area contributed by atoms with Gasteiger partial charge in [-0.25, -0.2) is 9.98 Å². The van der Waals surface area contributed by atoms with Gasteiger partial charge in [-0.3, -0.25) is 0 Å². The molecule has 0 saturated carbocycles. The van der Waals surface area contributed by atoms with Crippen molar-refractivity contribution in [2.75, 3.05) is 13.1 Å². The first-order valence-corrected chi connectivity index (χ1v) is 7.70. The van der Waals surface area contributed by atoms with E-state index in [4.69, 9.17) is 0 Å². The van der Waals surface area contributed by atoms with E-state index in [2.05, 4.69) is 58.0 Å². The number of aryl methyl sites for hydroxylation is 1. The van der Waals surface area contributed by atoms with Gasteiger partial charge in [0.05, 0.1) is 12.2 Å². The minimum Gasteiger partial charge on any atom is -0.357 e. The maximum absolute atomic E-state index is 4.60. The molecular weight excluding hydrogens is 389 g/mol. The lowest BCUT2D eigenvalue weighted by molar-refractivity contribution is 0.729. The number of rotatable bonds is 6. The Kier molecular flexibility index (Phi) is 8.22. The number of halogens is 1. The molecule has 0 amide bonds. The summed E-state index contributed by atoms with van der Waals surface area (Å²) in [6.45, 7) is 8.74. The van der Waals surface area contributed by atoms with Gasteiger partial charge < -0.3 is 15.0 Å². The van der Waals surface area contributed by atoms with E-state index in [1.165, 1.54) is 12.1 Å². The number of guanidine groups is 1. The summed E-state index contributed by atoms with van der Waals surface area (Å²) < 4.78 is 2.10. The Bertz CT molecular complexity index is 606. The highest BCUT2D eigenvalue weighted by Crippen LogP contribution is 2.09. The fourth-order valence-corrected chi connectivity index (χ4v) is 2.16. The van der Waals surface area contributed by atoms with Gasteiger partial charge in [0.25, 0.3) is 0 Å². The zero-order chi connectivity index (χ0) is 15.1. The summed E-state index contributed by atoms with van der Waals surface area (Å²) in [5.74, 6) is 0.861. The molecule has 0 spiro atoms. The van der Waals surface area contributed by atoms with Crippen LogP contribution in [0.3, 0.4) is 0 Å². The van der Waals surface area contributed by atoms with Crippen molar-refractivity contribution in [1.82, 2.24) is 20.0 Å². The van der Waals surface area contributed by atoms with Crippen molar-refractivity contribution < 1.29 is 0 Å². The first-order valence-electron chi connectivity index (χ1n) is 7.70. The molecule has 0 aromatic carbocycles. The molecule has 0 fully saturated rings. The molecule has 0 aliphatic rings. The van der Waals surface area contributed by atoms with E-state index >= 15 is 0 Å². The van der Waals surface area contributed by atoms with E-state index < -0.39 is 0 Å². The summed E-state index contributed by atoms with van der Waals surface area (Å²) in [6.07, 6.45) is 4.39. The van der Waals surface area contributed by atoms with Crippen LogP contribution in [0.15, 0.2) is 29.4 Å². The van der Waals surface area contributed by atoms with Crippen molar-refractivity contribution in [2.45, 2.75) is 40.2 Å². The molecule has 2 rings (SSSR count). The summed E-state index contributed by atoms with van der Waals surface area (Å²) in [6, 6.07) is 6.13. The standard InChI is InChI=1S/C16H25N5.HI/c1-4-6-10-18-16(17-5-2)19-11-14-12-21-13(3)8-7-9-15(21)20-14;/h7-9,12H,4-6,10-11H2,1-3H3,(H2,17,18,19);1H. The molecule has 2 heterocycles. The van der Waals surface area contributed by atoms with Crippen LogP contribution in [0.5, 0.6) is 0 Å². The third-order valence-electron chi connectivity index (χ3n) is 3.31. The molecule has 2 aromatic heterocycles. The van der Waals surface area contributed by atoms with E-state index in [1.807, 2.05) is 12.1 Å². The number of hydrogen-bond donors (Lipinski definition) is 2. The molecule has 2 N–H and O–H groups in total. The van der Waals surface area contributed by atoms with Gasteiger partial charge >= 0.3 is 0 Å². The van der Waals surface area contributed by atoms with Crippen molar-refractivity contribution in [1.29, 1.82) is 0 Å². The number of pyridine rings is 1. The molecule has 2 aromatic rings. The Morgan fingerprint density at radius 1 is 1.27 bits per heavy atom. The van der Waals surface area contributed by atoms with Crippen molar-refractivity contribution in [3.8, 4) is 0 Å². The SMILES string of the molecule is CCCCNC(=NCc1cn2c(C)cccc2n1)NCC.I. The van der Waals surface area contributed by atoms with Gasteiger partial charge in [-0.15, -0.1) is 24.0 Å². The van der Waals surface area contributed by atoms with Gasteiger partial charge in [-0.1, -0.05) is 19.4 Å².